The van der Waals surface area contributed by atoms with Crippen molar-refractivity contribution >= 4 is 0 Å². The van der Waals surface area contributed by atoms with Crippen molar-refractivity contribution in [1.29, 1.82) is 0 Å². The second-order valence-corrected chi connectivity index (χ2v) is 9.89. The predicted octanol–water partition coefficient (Wildman–Crippen LogP) is 7.74. The van der Waals surface area contributed by atoms with Crippen LogP contribution >= 0.6 is 0 Å². The summed E-state index contributed by atoms with van der Waals surface area (Å²) in [4.78, 5) is 0. The normalized spacial score (nSPS) is 12.2. The fourth-order valence-electron chi connectivity index (χ4n) is 5.12. The van der Waals surface area contributed by atoms with Crippen LogP contribution in [0.25, 0.3) is 0 Å². The Kier molecular flexibility index (Phi) is 10.2. The minimum Gasteiger partial charge on any atom is -0.497 e. The minimum atomic E-state index is 0. The largest absolute Gasteiger partial charge is 2.00 e. The number of benzene rings is 3. The van der Waals surface area contributed by atoms with Gasteiger partial charge in [0.05, 0.1) is 14.2 Å². The first-order valence-electron chi connectivity index (χ1n) is 12.4. The number of rotatable bonds is 2. The van der Waals surface area contributed by atoms with Crippen molar-refractivity contribution in [3.05, 3.63) is 91.0 Å². The molecule has 35 heavy (non-hydrogen) atoms. The van der Waals surface area contributed by atoms with E-state index in [4.69, 9.17) is 9.47 Å². The van der Waals surface area contributed by atoms with Crippen molar-refractivity contribution in [2.75, 3.05) is 14.2 Å². The van der Waals surface area contributed by atoms with Crippen molar-refractivity contribution in [2.45, 2.75) is 81.1 Å². The summed E-state index contributed by atoms with van der Waals surface area (Å²) >= 11 is 0. The number of hydrogen-bond acceptors (Lipinski definition) is 2. The number of aryl methyl sites for hydroxylation is 4. The molecule has 3 aromatic carbocycles. The van der Waals surface area contributed by atoms with Crippen LogP contribution in [0.15, 0.2) is 24.3 Å². The molecule has 0 aromatic heterocycles. The van der Waals surface area contributed by atoms with Crippen LogP contribution in [0, 0.1) is 55.4 Å². The zero-order valence-electron chi connectivity index (χ0n) is 23.3. The van der Waals surface area contributed by atoms with Crippen molar-refractivity contribution in [3.63, 3.8) is 0 Å². The third kappa shape index (κ3) is 6.18. The second kappa shape index (κ2) is 12.2. The fraction of sp³-hybridized carbons (Fsp3) is 0.438. The van der Waals surface area contributed by atoms with Gasteiger partial charge in [0.15, 0.2) is 0 Å². The van der Waals surface area contributed by atoms with E-state index in [2.05, 4.69) is 79.7 Å². The summed E-state index contributed by atoms with van der Waals surface area (Å²) in [6, 6.07) is 8.77. The summed E-state index contributed by atoms with van der Waals surface area (Å²) in [5.41, 5.74) is 17.2. The molecule has 0 saturated heterocycles. The van der Waals surface area contributed by atoms with E-state index < -0.39 is 0 Å². The zero-order chi connectivity index (χ0) is 25.2. The van der Waals surface area contributed by atoms with Gasteiger partial charge in [0, 0.05) is 0 Å². The van der Waals surface area contributed by atoms with Gasteiger partial charge < -0.3 is 9.47 Å². The van der Waals surface area contributed by atoms with Crippen molar-refractivity contribution < 1.29 is 29.0 Å². The van der Waals surface area contributed by atoms with Crippen LogP contribution in [0.1, 0.15) is 66.8 Å². The summed E-state index contributed by atoms with van der Waals surface area (Å²) in [6.07, 6.45) is 4.18. The third-order valence-electron chi connectivity index (χ3n) is 8.37. The first-order chi connectivity index (χ1) is 16.1. The maximum atomic E-state index is 5.49. The van der Waals surface area contributed by atoms with Crippen LogP contribution < -0.4 is 9.47 Å². The molecule has 0 amide bonds. The van der Waals surface area contributed by atoms with Crippen LogP contribution in [-0.2, 0) is 45.2 Å². The average Bonchev–Trinajstić information content (AvgIpc) is 2.84. The first-order valence-corrected chi connectivity index (χ1v) is 12.4. The standard InChI is InChI=1S/C20H24O2.C12H18.Ru/c1-13-15-5-7-17-11-20(22-4)12-18(14(17)2)8-6-16(13)10-19(9-15)21-3;1-7-8(2)10(4)12(6)11(5)9(7)3;/h9-12H,5-8H2,1-4H3;1-6H3;/q;;+2. The Bertz CT molecular complexity index is 990. The SMILES string of the molecule is COc1cc2c(C)c(c1)CCc1cc(OC)cc(c1C)CC2.Cc1c(C)c(C)c(C)c(C)c1C.[Ru+2]. The van der Waals surface area contributed by atoms with Crippen LogP contribution in [0.4, 0.5) is 0 Å². The van der Waals surface area contributed by atoms with E-state index in [1.165, 1.54) is 66.8 Å². The molecule has 0 spiro atoms. The quantitative estimate of drug-likeness (QED) is 0.299. The Labute approximate surface area is 226 Å². The molecule has 188 valence electrons. The van der Waals surface area contributed by atoms with Crippen LogP contribution in [0.3, 0.4) is 0 Å². The van der Waals surface area contributed by atoms with E-state index in [0.717, 1.165) is 37.2 Å². The fourth-order valence-corrected chi connectivity index (χ4v) is 5.12. The minimum absolute atomic E-state index is 0. The van der Waals surface area contributed by atoms with Gasteiger partial charge >= 0.3 is 19.5 Å². The molecule has 3 aromatic rings. The van der Waals surface area contributed by atoms with Gasteiger partial charge in [-0.1, -0.05) is 0 Å². The van der Waals surface area contributed by atoms with Gasteiger partial charge in [-0.05, 0) is 172 Å². The van der Waals surface area contributed by atoms with Crippen molar-refractivity contribution in [2.24, 2.45) is 0 Å². The van der Waals surface area contributed by atoms with Crippen molar-refractivity contribution in [1.82, 2.24) is 0 Å². The second-order valence-electron chi connectivity index (χ2n) is 9.89. The van der Waals surface area contributed by atoms with E-state index in [1.807, 2.05) is 0 Å². The molecule has 1 aliphatic carbocycles. The van der Waals surface area contributed by atoms with E-state index in [-0.39, 0.29) is 19.5 Å². The maximum Gasteiger partial charge on any atom is 2.00 e. The Morgan fingerprint density at radius 1 is 0.400 bits per heavy atom. The summed E-state index contributed by atoms with van der Waals surface area (Å²) in [5, 5.41) is 0. The first kappa shape index (κ1) is 29.1. The molecular formula is C32H42O2Ru+2. The molecule has 0 aliphatic heterocycles. The monoisotopic (exact) mass is 560 g/mol. The Morgan fingerprint density at radius 3 is 0.771 bits per heavy atom. The van der Waals surface area contributed by atoms with E-state index >= 15 is 0 Å². The zero-order valence-corrected chi connectivity index (χ0v) is 25.0. The van der Waals surface area contributed by atoms with Gasteiger partial charge in [-0.15, -0.1) is 0 Å². The van der Waals surface area contributed by atoms with Crippen LogP contribution in [-0.4, -0.2) is 14.2 Å². The molecule has 0 radical (unpaired) electrons. The summed E-state index contributed by atoms with van der Waals surface area (Å²) < 4.78 is 11.0. The van der Waals surface area contributed by atoms with Crippen LogP contribution in [0.2, 0.25) is 0 Å². The third-order valence-corrected chi connectivity index (χ3v) is 8.37. The Morgan fingerprint density at radius 2 is 0.600 bits per heavy atom. The molecule has 0 N–H and O–H groups in total. The topological polar surface area (TPSA) is 18.5 Å². The number of methoxy groups -OCH3 is 2. The van der Waals surface area contributed by atoms with E-state index in [0.29, 0.717) is 0 Å². The summed E-state index contributed by atoms with van der Waals surface area (Å²) in [5.74, 6) is 1.96. The molecule has 2 nitrogen and oxygen atoms in total. The molecule has 4 bridgehead atoms. The van der Waals surface area contributed by atoms with Gasteiger partial charge in [-0.2, -0.15) is 0 Å². The smallest absolute Gasteiger partial charge is 0.497 e. The molecule has 4 rings (SSSR count). The van der Waals surface area contributed by atoms with Gasteiger partial charge in [-0.3, -0.25) is 0 Å². The molecule has 0 fully saturated rings. The molecule has 0 unspecified atom stereocenters. The molecule has 0 saturated carbocycles. The van der Waals surface area contributed by atoms with E-state index in [9.17, 15) is 0 Å². The Hall–Kier alpha value is -2.12. The van der Waals surface area contributed by atoms with Gasteiger partial charge in [-0.25, -0.2) is 0 Å². The van der Waals surface area contributed by atoms with Gasteiger partial charge in [0.1, 0.15) is 11.5 Å². The van der Waals surface area contributed by atoms with E-state index in [1.54, 1.807) is 14.2 Å². The summed E-state index contributed by atoms with van der Waals surface area (Å²) in [6.45, 7) is 17.8. The number of ether oxygens (including phenoxy) is 2. The predicted molar refractivity (Wildman–Crippen MR) is 145 cm³/mol. The molecule has 0 heterocycles. The molecule has 1 aliphatic rings. The molecule has 3 heteroatoms. The molecular weight excluding hydrogens is 517 g/mol. The number of fused-ring (bicyclic) bond motifs is 4. The van der Waals surface area contributed by atoms with Crippen molar-refractivity contribution in [3.8, 4) is 11.5 Å². The van der Waals surface area contributed by atoms with Crippen LogP contribution in [0.5, 0.6) is 11.5 Å². The van der Waals surface area contributed by atoms with Gasteiger partial charge in [0.2, 0.25) is 0 Å². The molecule has 0 atom stereocenters. The maximum absolute atomic E-state index is 5.49. The summed E-state index contributed by atoms with van der Waals surface area (Å²) in [7, 11) is 3.50. The Balaban J connectivity index is 0.000000284. The number of hydrogen-bond donors (Lipinski definition) is 0. The average molecular weight is 560 g/mol. The van der Waals surface area contributed by atoms with Gasteiger partial charge in [0.25, 0.3) is 0 Å².